The summed E-state index contributed by atoms with van der Waals surface area (Å²) in [6.07, 6.45) is 5.67. The molecule has 0 saturated heterocycles. The van der Waals surface area contributed by atoms with Crippen molar-refractivity contribution in [2.75, 3.05) is 12.3 Å². The number of nitriles is 1. The van der Waals surface area contributed by atoms with Crippen LogP contribution in [0.25, 0.3) is 0 Å². The first-order valence-electron chi connectivity index (χ1n) is 6.91. The van der Waals surface area contributed by atoms with Crippen LogP contribution in [0.4, 0.5) is 5.69 Å². The fourth-order valence-electron chi connectivity index (χ4n) is 2.42. The Hall–Kier alpha value is -2.22. The number of anilines is 1. The van der Waals surface area contributed by atoms with Crippen LogP contribution in [-0.4, -0.2) is 18.6 Å². The SMILES string of the molecule is N#Cc1cc(N)ccc1OCC(=O)NC1CCCCC1. The van der Waals surface area contributed by atoms with E-state index in [1.807, 2.05) is 6.07 Å². The molecule has 0 aromatic heterocycles. The van der Waals surface area contributed by atoms with Gasteiger partial charge in [0.05, 0.1) is 5.56 Å². The van der Waals surface area contributed by atoms with E-state index in [0.717, 1.165) is 12.8 Å². The lowest BCUT2D eigenvalue weighted by Crippen LogP contribution is -2.39. The average Bonchev–Trinajstić information content (AvgIpc) is 2.47. The molecule has 1 aromatic carbocycles. The molecule has 1 saturated carbocycles. The molecule has 1 aliphatic rings. The molecule has 1 aliphatic carbocycles. The maximum atomic E-state index is 11.8. The molecule has 0 atom stereocenters. The summed E-state index contributed by atoms with van der Waals surface area (Å²) in [4.78, 5) is 11.8. The first kappa shape index (κ1) is 14.2. The topological polar surface area (TPSA) is 88.1 Å². The fraction of sp³-hybridized carbons (Fsp3) is 0.467. The highest BCUT2D eigenvalue weighted by atomic mass is 16.5. The van der Waals surface area contributed by atoms with Crippen LogP contribution in [0.3, 0.4) is 0 Å². The number of nitrogen functional groups attached to an aromatic ring is 1. The Labute approximate surface area is 118 Å². The summed E-state index contributed by atoms with van der Waals surface area (Å²) in [6.45, 7) is -0.0743. The Balaban J connectivity index is 1.85. The average molecular weight is 273 g/mol. The van der Waals surface area contributed by atoms with E-state index >= 15 is 0 Å². The third-order valence-corrected chi connectivity index (χ3v) is 3.45. The van der Waals surface area contributed by atoms with Crippen molar-refractivity contribution in [2.45, 2.75) is 38.1 Å². The molecule has 0 radical (unpaired) electrons. The summed E-state index contributed by atoms with van der Waals surface area (Å²) in [5.74, 6) is 0.248. The van der Waals surface area contributed by atoms with Crippen LogP contribution < -0.4 is 15.8 Å². The molecule has 0 aliphatic heterocycles. The molecule has 0 spiro atoms. The molecule has 0 unspecified atom stereocenters. The lowest BCUT2D eigenvalue weighted by atomic mass is 9.95. The third kappa shape index (κ3) is 3.89. The summed E-state index contributed by atoms with van der Waals surface area (Å²) in [5.41, 5.74) is 6.44. The summed E-state index contributed by atoms with van der Waals surface area (Å²) in [7, 11) is 0. The third-order valence-electron chi connectivity index (χ3n) is 3.45. The minimum atomic E-state index is -0.141. The van der Waals surface area contributed by atoms with E-state index in [1.54, 1.807) is 12.1 Å². The molecular weight excluding hydrogens is 254 g/mol. The minimum absolute atomic E-state index is 0.0743. The first-order chi connectivity index (χ1) is 9.69. The van der Waals surface area contributed by atoms with Gasteiger partial charge in [0.2, 0.25) is 0 Å². The summed E-state index contributed by atoms with van der Waals surface area (Å²) < 4.78 is 5.40. The zero-order chi connectivity index (χ0) is 14.4. The van der Waals surface area contributed by atoms with Crippen molar-refractivity contribution in [3.63, 3.8) is 0 Å². The van der Waals surface area contributed by atoms with Crippen molar-refractivity contribution in [1.82, 2.24) is 5.32 Å². The van der Waals surface area contributed by atoms with Crippen molar-refractivity contribution in [3.05, 3.63) is 23.8 Å². The van der Waals surface area contributed by atoms with E-state index in [2.05, 4.69) is 5.32 Å². The lowest BCUT2D eigenvalue weighted by molar-refractivity contribution is -0.124. The lowest BCUT2D eigenvalue weighted by Gasteiger charge is -2.22. The molecule has 106 valence electrons. The second-order valence-electron chi connectivity index (χ2n) is 5.06. The van der Waals surface area contributed by atoms with E-state index < -0.39 is 0 Å². The molecule has 5 heteroatoms. The van der Waals surface area contributed by atoms with Crippen molar-refractivity contribution in [1.29, 1.82) is 5.26 Å². The largest absolute Gasteiger partial charge is 0.482 e. The van der Waals surface area contributed by atoms with Gasteiger partial charge in [-0.15, -0.1) is 0 Å². The predicted molar refractivity (Wildman–Crippen MR) is 76.1 cm³/mol. The van der Waals surface area contributed by atoms with Gasteiger partial charge in [0.25, 0.3) is 5.91 Å². The van der Waals surface area contributed by atoms with Crippen LogP contribution in [0.15, 0.2) is 18.2 Å². The van der Waals surface area contributed by atoms with Crippen LogP contribution in [0, 0.1) is 11.3 Å². The quantitative estimate of drug-likeness (QED) is 0.821. The number of nitrogens with one attached hydrogen (secondary N) is 1. The van der Waals surface area contributed by atoms with Crippen LogP contribution in [0.1, 0.15) is 37.7 Å². The van der Waals surface area contributed by atoms with Gasteiger partial charge >= 0.3 is 0 Å². The number of hydrogen-bond acceptors (Lipinski definition) is 4. The number of nitrogens with two attached hydrogens (primary N) is 1. The predicted octanol–water partition coefficient (Wildman–Crippen LogP) is 1.97. The fourth-order valence-corrected chi connectivity index (χ4v) is 2.42. The van der Waals surface area contributed by atoms with Gasteiger partial charge in [-0.1, -0.05) is 19.3 Å². The molecular formula is C15H19N3O2. The molecule has 1 fully saturated rings. The van der Waals surface area contributed by atoms with Crippen LogP contribution in [0.5, 0.6) is 5.75 Å². The highest BCUT2D eigenvalue weighted by Gasteiger charge is 2.16. The highest BCUT2D eigenvalue weighted by Crippen LogP contribution is 2.20. The Bertz CT molecular complexity index is 516. The van der Waals surface area contributed by atoms with Gasteiger partial charge in [-0.2, -0.15) is 5.26 Å². The molecule has 5 nitrogen and oxygen atoms in total. The second kappa shape index (κ2) is 6.80. The van der Waals surface area contributed by atoms with Gasteiger partial charge in [-0.05, 0) is 31.0 Å². The number of carbonyl (C=O) groups excluding carboxylic acids is 1. The van der Waals surface area contributed by atoms with E-state index in [-0.39, 0.29) is 18.6 Å². The van der Waals surface area contributed by atoms with Crippen molar-refractivity contribution in [3.8, 4) is 11.8 Å². The van der Waals surface area contributed by atoms with Crippen molar-refractivity contribution in [2.24, 2.45) is 0 Å². The Morgan fingerprint density at radius 1 is 1.40 bits per heavy atom. The van der Waals surface area contributed by atoms with Crippen molar-refractivity contribution < 1.29 is 9.53 Å². The summed E-state index contributed by atoms with van der Waals surface area (Å²) in [6, 6.07) is 7.07. The van der Waals surface area contributed by atoms with Gasteiger partial charge in [0, 0.05) is 11.7 Å². The van der Waals surface area contributed by atoms with Gasteiger partial charge in [0.1, 0.15) is 11.8 Å². The molecule has 1 amide bonds. The van der Waals surface area contributed by atoms with Gasteiger partial charge in [-0.25, -0.2) is 0 Å². The van der Waals surface area contributed by atoms with Crippen LogP contribution >= 0.6 is 0 Å². The summed E-state index contributed by atoms with van der Waals surface area (Å²) >= 11 is 0. The Morgan fingerprint density at radius 2 is 2.15 bits per heavy atom. The maximum absolute atomic E-state index is 11.8. The standard InChI is InChI=1S/C15H19N3O2/c16-9-11-8-12(17)6-7-14(11)20-10-15(19)18-13-4-2-1-3-5-13/h6-8,13H,1-5,10,17H2,(H,18,19). The normalized spacial score (nSPS) is 15.3. The van der Waals surface area contributed by atoms with E-state index in [9.17, 15) is 4.79 Å². The first-order valence-corrected chi connectivity index (χ1v) is 6.91. The Morgan fingerprint density at radius 3 is 2.85 bits per heavy atom. The highest BCUT2D eigenvalue weighted by molar-refractivity contribution is 5.78. The van der Waals surface area contributed by atoms with Crippen LogP contribution in [0.2, 0.25) is 0 Å². The zero-order valence-corrected chi connectivity index (χ0v) is 11.4. The number of ether oxygens (including phenoxy) is 1. The molecule has 2 rings (SSSR count). The maximum Gasteiger partial charge on any atom is 0.258 e. The van der Waals surface area contributed by atoms with Crippen molar-refractivity contribution >= 4 is 11.6 Å². The number of carbonyl (C=O) groups is 1. The molecule has 0 heterocycles. The Kier molecular flexibility index (Phi) is 4.83. The monoisotopic (exact) mass is 273 g/mol. The number of nitrogens with zero attached hydrogens (tertiary/aromatic N) is 1. The number of amides is 1. The molecule has 3 N–H and O–H groups in total. The zero-order valence-electron chi connectivity index (χ0n) is 11.4. The van der Waals surface area contributed by atoms with E-state index in [0.29, 0.717) is 17.0 Å². The van der Waals surface area contributed by atoms with Gasteiger partial charge < -0.3 is 15.8 Å². The molecule has 20 heavy (non-hydrogen) atoms. The number of benzene rings is 1. The van der Waals surface area contributed by atoms with E-state index in [1.165, 1.54) is 25.3 Å². The molecule has 1 aromatic rings. The number of rotatable bonds is 4. The summed E-state index contributed by atoms with van der Waals surface area (Å²) in [5, 5.41) is 11.9. The number of hydrogen-bond donors (Lipinski definition) is 2. The smallest absolute Gasteiger partial charge is 0.258 e. The van der Waals surface area contributed by atoms with Gasteiger partial charge in [-0.3, -0.25) is 4.79 Å². The second-order valence-corrected chi connectivity index (χ2v) is 5.06. The molecule has 0 bridgehead atoms. The minimum Gasteiger partial charge on any atom is -0.482 e. The van der Waals surface area contributed by atoms with Crippen LogP contribution in [-0.2, 0) is 4.79 Å². The van der Waals surface area contributed by atoms with E-state index in [4.69, 9.17) is 15.7 Å². The van der Waals surface area contributed by atoms with Gasteiger partial charge in [0.15, 0.2) is 6.61 Å².